The second-order valence-electron chi connectivity index (χ2n) is 4.96. The van der Waals surface area contributed by atoms with Gasteiger partial charge in [0, 0.05) is 68.7 Å². The third kappa shape index (κ3) is 3.84. The maximum absolute atomic E-state index is 2.66. The second kappa shape index (κ2) is 5.80. The molecule has 4 heteroatoms. The standard InChI is InChI=1S/C11H22IN3/c1-13-6-8-14(9-7-13)10-11-2-4-15(12)5-3-11/h11H,2-10H2,1H3. The second-order valence-corrected chi connectivity index (χ2v) is 6.32. The number of hydrogen-bond acceptors (Lipinski definition) is 3. The molecule has 0 aromatic rings. The molecule has 0 radical (unpaired) electrons. The van der Waals surface area contributed by atoms with E-state index < -0.39 is 0 Å². The van der Waals surface area contributed by atoms with Crippen LogP contribution in [0, 0.1) is 5.92 Å². The van der Waals surface area contributed by atoms with Crippen LogP contribution in [0.3, 0.4) is 0 Å². The SMILES string of the molecule is CN1CCN(CC2CCN(I)CC2)CC1. The summed E-state index contributed by atoms with van der Waals surface area (Å²) in [4.78, 5) is 5.09. The molecular weight excluding hydrogens is 301 g/mol. The summed E-state index contributed by atoms with van der Waals surface area (Å²) in [5, 5.41) is 0. The predicted octanol–water partition coefficient (Wildman–Crippen LogP) is 1.30. The highest BCUT2D eigenvalue weighted by atomic mass is 127. The lowest BCUT2D eigenvalue weighted by Crippen LogP contribution is -2.47. The van der Waals surface area contributed by atoms with Crippen molar-refractivity contribution < 1.29 is 0 Å². The third-order valence-corrected chi connectivity index (χ3v) is 4.64. The minimum Gasteiger partial charge on any atom is -0.304 e. The Balaban J connectivity index is 1.68. The zero-order valence-electron chi connectivity index (χ0n) is 9.66. The van der Waals surface area contributed by atoms with E-state index in [1.54, 1.807) is 0 Å². The molecule has 15 heavy (non-hydrogen) atoms. The molecule has 0 spiro atoms. The molecule has 2 fully saturated rings. The van der Waals surface area contributed by atoms with Crippen LogP contribution in [0.2, 0.25) is 0 Å². The highest BCUT2D eigenvalue weighted by molar-refractivity contribution is 14.1. The largest absolute Gasteiger partial charge is 0.304 e. The first kappa shape index (κ1) is 12.1. The minimum absolute atomic E-state index is 0.958. The topological polar surface area (TPSA) is 9.72 Å². The third-order valence-electron chi connectivity index (χ3n) is 3.67. The Morgan fingerprint density at radius 1 is 1.00 bits per heavy atom. The lowest BCUT2D eigenvalue weighted by Gasteiger charge is -2.36. The predicted molar refractivity (Wildman–Crippen MR) is 72.3 cm³/mol. The molecule has 88 valence electrons. The first-order valence-electron chi connectivity index (χ1n) is 6.05. The van der Waals surface area contributed by atoms with E-state index >= 15 is 0 Å². The van der Waals surface area contributed by atoms with E-state index in [0.717, 1.165) is 5.92 Å². The van der Waals surface area contributed by atoms with Crippen molar-refractivity contribution in [3.05, 3.63) is 0 Å². The van der Waals surface area contributed by atoms with E-state index in [9.17, 15) is 0 Å². The summed E-state index contributed by atoms with van der Waals surface area (Å²) in [6, 6.07) is 0. The Hall–Kier alpha value is 0.610. The lowest BCUT2D eigenvalue weighted by molar-refractivity contribution is 0.123. The van der Waals surface area contributed by atoms with Crippen LogP contribution in [0.5, 0.6) is 0 Å². The van der Waals surface area contributed by atoms with Gasteiger partial charge in [-0.15, -0.1) is 0 Å². The van der Waals surface area contributed by atoms with Gasteiger partial charge in [-0.2, -0.15) is 0 Å². The van der Waals surface area contributed by atoms with Crippen molar-refractivity contribution in [2.24, 2.45) is 5.92 Å². The maximum Gasteiger partial charge on any atom is 0.0201 e. The Kier molecular flexibility index (Phi) is 4.67. The van der Waals surface area contributed by atoms with E-state index in [1.165, 1.54) is 58.7 Å². The molecule has 3 nitrogen and oxygen atoms in total. The van der Waals surface area contributed by atoms with Crippen LogP contribution in [0.15, 0.2) is 0 Å². The molecule has 2 heterocycles. The Bertz CT molecular complexity index is 164. The Morgan fingerprint density at radius 3 is 2.20 bits per heavy atom. The summed E-state index contributed by atoms with van der Waals surface area (Å²) in [6.07, 6.45) is 2.80. The molecule has 0 atom stereocenters. The molecule has 0 bridgehead atoms. The van der Waals surface area contributed by atoms with Crippen molar-refractivity contribution >= 4 is 22.9 Å². The number of nitrogens with zero attached hydrogens (tertiary/aromatic N) is 3. The summed E-state index contributed by atoms with van der Waals surface area (Å²) in [5.41, 5.74) is 0. The molecule has 2 rings (SSSR count). The van der Waals surface area contributed by atoms with E-state index in [0.29, 0.717) is 0 Å². The van der Waals surface area contributed by atoms with Gasteiger partial charge < -0.3 is 9.80 Å². The van der Waals surface area contributed by atoms with Crippen LogP contribution in [0.4, 0.5) is 0 Å². The van der Waals surface area contributed by atoms with Crippen molar-refractivity contribution in [3.8, 4) is 0 Å². The molecule has 0 N–H and O–H groups in total. The average Bonchev–Trinajstić information content (AvgIpc) is 2.25. The summed E-state index contributed by atoms with van der Waals surface area (Å²) in [6.45, 7) is 8.99. The van der Waals surface area contributed by atoms with Crippen molar-refractivity contribution in [1.29, 1.82) is 0 Å². The molecule has 0 aromatic carbocycles. The van der Waals surface area contributed by atoms with Crippen LogP contribution in [-0.4, -0.2) is 65.8 Å². The first-order chi connectivity index (χ1) is 7.24. The van der Waals surface area contributed by atoms with Crippen molar-refractivity contribution in [2.45, 2.75) is 12.8 Å². The van der Waals surface area contributed by atoms with Gasteiger partial charge in [-0.05, 0) is 25.8 Å². The number of rotatable bonds is 2. The molecular formula is C11H22IN3. The van der Waals surface area contributed by atoms with Gasteiger partial charge in [0.25, 0.3) is 0 Å². The fourth-order valence-corrected chi connectivity index (χ4v) is 3.04. The summed E-state index contributed by atoms with van der Waals surface area (Å²) >= 11 is 2.45. The van der Waals surface area contributed by atoms with Crippen LogP contribution in [0.1, 0.15) is 12.8 Å². The van der Waals surface area contributed by atoms with Crippen molar-refractivity contribution in [3.63, 3.8) is 0 Å². The number of piperazine rings is 1. The van der Waals surface area contributed by atoms with E-state index in [4.69, 9.17) is 0 Å². The zero-order valence-corrected chi connectivity index (χ0v) is 11.8. The quantitative estimate of drug-likeness (QED) is 0.560. The fraction of sp³-hybridized carbons (Fsp3) is 1.00. The Morgan fingerprint density at radius 2 is 1.60 bits per heavy atom. The van der Waals surface area contributed by atoms with Gasteiger partial charge in [0.15, 0.2) is 0 Å². The van der Waals surface area contributed by atoms with Gasteiger partial charge >= 0.3 is 0 Å². The minimum atomic E-state index is 0.958. The van der Waals surface area contributed by atoms with E-state index in [-0.39, 0.29) is 0 Å². The van der Waals surface area contributed by atoms with Gasteiger partial charge in [-0.25, -0.2) is 3.11 Å². The van der Waals surface area contributed by atoms with Crippen molar-refractivity contribution in [1.82, 2.24) is 12.9 Å². The smallest absolute Gasteiger partial charge is 0.0201 e. The van der Waals surface area contributed by atoms with Gasteiger partial charge in [0.1, 0.15) is 0 Å². The van der Waals surface area contributed by atoms with Crippen LogP contribution in [0.25, 0.3) is 0 Å². The Labute approximate surface area is 107 Å². The molecule has 2 aliphatic rings. The first-order valence-corrected chi connectivity index (χ1v) is 7.02. The molecule has 2 saturated heterocycles. The molecule has 0 saturated carbocycles. The summed E-state index contributed by atoms with van der Waals surface area (Å²) < 4.78 is 2.43. The monoisotopic (exact) mass is 323 g/mol. The lowest BCUT2D eigenvalue weighted by atomic mass is 9.97. The summed E-state index contributed by atoms with van der Waals surface area (Å²) in [7, 11) is 2.23. The fourth-order valence-electron chi connectivity index (χ4n) is 2.48. The zero-order chi connectivity index (χ0) is 10.7. The maximum atomic E-state index is 2.66. The van der Waals surface area contributed by atoms with Gasteiger partial charge in [-0.1, -0.05) is 0 Å². The highest BCUT2D eigenvalue weighted by Crippen LogP contribution is 2.20. The average molecular weight is 323 g/mol. The molecule has 2 aliphatic heterocycles. The summed E-state index contributed by atoms with van der Waals surface area (Å²) in [5.74, 6) is 0.958. The number of hydrogen-bond donors (Lipinski definition) is 0. The molecule has 0 aliphatic carbocycles. The van der Waals surface area contributed by atoms with Gasteiger partial charge in [-0.3, -0.25) is 0 Å². The highest BCUT2D eigenvalue weighted by Gasteiger charge is 2.21. The van der Waals surface area contributed by atoms with Gasteiger partial charge in [0.05, 0.1) is 0 Å². The van der Waals surface area contributed by atoms with E-state index in [1.807, 2.05) is 0 Å². The van der Waals surface area contributed by atoms with Crippen LogP contribution in [-0.2, 0) is 0 Å². The van der Waals surface area contributed by atoms with E-state index in [2.05, 4.69) is 42.8 Å². The van der Waals surface area contributed by atoms with Crippen LogP contribution < -0.4 is 0 Å². The molecule has 0 aromatic heterocycles. The van der Waals surface area contributed by atoms with Crippen LogP contribution >= 0.6 is 22.9 Å². The number of piperidine rings is 1. The van der Waals surface area contributed by atoms with Gasteiger partial charge in [0.2, 0.25) is 0 Å². The molecule has 0 unspecified atom stereocenters. The number of likely N-dealkylation sites (N-methyl/N-ethyl adjacent to an activating group) is 1. The number of halogens is 1. The normalized spacial score (nSPS) is 28.4. The van der Waals surface area contributed by atoms with Crippen molar-refractivity contribution in [2.75, 3.05) is 52.9 Å². The molecule has 0 amide bonds.